The molecule has 0 fully saturated rings. The molecule has 2 rings (SSSR count). The van der Waals surface area contributed by atoms with Crippen LogP contribution in [-0.2, 0) is 11.0 Å². The molecule has 1 unspecified atom stereocenters. The van der Waals surface area contributed by atoms with Crippen molar-refractivity contribution in [1.29, 1.82) is 0 Å². The van der Waals surface area contributed by atoms with Gasteiger partial charge in [0.25, 0.3) is 0 Å². The molecular formula is C18H17F3O3S. The minimum absolute atomic E-state index is 0.108. The molecule has 3 nitrogen and oxygen atoms in total. The van der Waals surface area contributed by atoms with E-state index < -0.39 is 23.8 Å². The van der Waals surface area contributed by atoms with E-state index in [9.17, 15) is 23.1 Å². The standard InChI is InChI=1S/C18H17F3O3S/c1-12-5-2-3-8-16(12)25-10-9-15(17(22)23)24-14-7-4-6-13(11-14)18(19,20)21/h2-8,11,15H,9-10H2,1H3,(H,22,23). The monoisotopic (exact) mass is 370 g/mol. The molecule has 0 aliphatic rings. The molecule has 0 spiro atoms. The number of thioether (sulfide) groups is 1. The van der Waals surface area contributed by atoms with Crippen molar-refractivity contribution in [3.63, 3.8) is 0 Å². The first-order chi connectivity index (χ1) is 11.8. The number of hydrogen-bond donors (Lipinski definition) is 1. The number of hydrogen-bond acceptors (Lipinski definition) is 3. The molecule has 0 radical (unpaired) electrons. The van der Waals surface area contributed by atoms with Crippen molar-refractivity contribution in [2.75, 3.05) is 5.75 Å². The van der Waals surface area contributed by atoms with E-state index in [1.165, 1.54) is 23.9 Å². The summed E-state index contributed by atoms with van der Waals surface area (Å²) >= 11 is 1.49. The molecule has 1 atom stereocenters. The van der Waals surface area contributed by atoms with Gasteiger partial charge in [-0.2, -0.15) is 13.2 Å². The zero-order valence-corrected chi connectivity index (χ0v) is 14.2. The summed E-state index contributed by atoms with van der Waals surface area (Å²) in [5, 5.41) is 9.26. The highest BCUT2D eigenvalue weighted by molar-refractivity contribution is 7.99. The van der Waals surface area contributed by atoms with Crippen molar-refractivity contribution in [1.82, 2.24) is 0 Å². The van der Waals surface area contributed by atoms with Crippen molar-refractivity contribution in [3.8, 4) is 5.75 Å². The maximum atomic E-state index is 12.7. The quantitative estimate of drug-likeness (QED) is 0.695. The molecule has 0 bridgehead atoms. The molecule has 1 N–H and O–H groups in total. The summed E-state index contributed by atoms with van der Waals surface area (Å²) in [7, 11) is 0. The van der Waals surface area contributed by atoms with Crippen LogP contribution in [-0.4, -0.2) is 22.9 Å². The minimum Gasteiger partial charge on any atom is -0.479 e. The molecule has 134 valence electrons. The lowest BCUT2D eigenvalue weighted by molar-refractivity contribution is -0.145. The van der Waals surface area contributed by atoms with E-state index in [-0.39, 0.29) is 12.2 Å². The third-order valence-electron chi connectivity index (χ3n) is 3.45. The van der Waals surface area contributed by atoms with E-state index in [0.29, 0.717) is 5.75 Å². The number of carbonyl (C=O) groups is 1. The summed E-state index contributed by atoms with van der Waals surface area (Å²) in [6, 6.07) is 11.9. The molecule has 0 aliphatic heterocycles. The van der Waals surface area contributed by atoms with Gasteiger partial charge in [-0.3, -0.25) is 0 Å². The fourth-order valence-electron chi connectivity index (χ4n) is 2.14. The number of aliphatic carboxylic acids is 1. The maximum absolute atomic E-state index is 12.7. The predicted molar refractivity (Wildman–Crippen MR) is 90.0 cm³/mol. The molecular weight excluding hydrogens is 353 g/mol. The van der Waals surface area contributed by atoms with Gasteiger partial charge >= 0.3 is 12.1 Å². The van der Waals surface area contributed by atoms with Crippen LogP contribution < -0.4 is 4.74 Å². The van der Waals surface area contributed by atoms with Crippen molar-refractivity contribution < 1.29 is 27.8 Å². The number of carboxylic acid groups (broad SMARTS) is 1. The van der Waals surface area contributed by atoms with E-state index in [2.05, 4.69) is 0 Å². The fraction of sp³-hybridized carbons (Fsp3) is 0.278. The zero-order chi connectivity index (χ0) is 18.4. The lowest BCUT2D eigenvalue weighted by Gasteiger charge is -2.16. The Morgan fingerprint density at radius 2 is 1.92 bits per heavy atom. The molecule has 2 aromatic rings. The summed E-state index contributed by atoms with van der Waals surface area (Å²) in [5.74, 6) is -0.841. The summed E-state index contributed by atoms with van der Waals surface area (Å²) in [6.07, 6.45) is -5.54. The number of ether oxygens (including phenoxy) is 1. The number of halogens is 3. The van der Waals surface area contributed by atoms with Crippen LogP contribution >= 0.6 is 11.8 Å². The van der Waals surface area contributed by atoms with Gasteiger partial charge in [0, 0.05) is 17.1 Å². The van der Waals surface area contributed by atoms with Gasteiger partial charge in [0.05, 0.1) is 5.56 Å². The van der Waals surface area contributed by atoms with Crippen LogP contribution in [0, 0.1) is 6.92 Å². The Morgan fingerprint density at radius 3 is 2.56 bits per heavy atom. The van der Waals surface area contributed by atoms with Gasteiger partial charge in [0.15, 0.2) is 6.10 Å². The van der Waals surface area contributed by atoms with Crippen LogP contribution in [0.4, 0.5) is 13.2 Å². The summed E-state index contributed by atoms with van der Waals surface area (Å²) in [6.45, 7) is 1.95. The maximum Gasteiger partial charge on any atom is 0.416 e. The first-order valence-electron chi connectivity index (χ1n) is 7.52. The average molecular weight is 370 g/mol. The third-order valence-corrected chi connectivity index (χ3v) is 4.66. The van der Waals surface area contributed by atoms with E-state index >= 15 is 0 Å². The molecule has 0 aliphatic carbocycles. The van der Waals surface area contributed by atoms with Gasteiger partial charge in [0.2, 0.25) is 0 Å². The van der Waals surface area contributed by atoms with Crippen LogP contribution in [0.1, 0.15) is 17.5 Å². The number of aryl methyl sites for hydroxylation is 1. The number of benzene rings is 2. The lowest BCUT2D eigenvalue weighted by Crippen LogP contribution is -2.27. The Kier molecular flexibility index (Phi) is 6.36. The van der Waals surface area contributed by atoms with Crippen LogP contribution in [0.25, 0.3) is 0 Å². The first kappa shape index (κ1) is 19.2. The highest BCUT2D eigenvalue weighted by atomic mass is 32.2. The van der Waals surface area contributed by atoms with Gasteiger partial charge in [0.1, 0.15) is 5.75 Å². The molecule has 25 heavy (non-hydrogen) atoms. The predicted octanol–water partition coefficient (Wildman–Crippen LogP) is 5.03. The SMILES string of the molecule is Cc1ccccc1SCCC(Oc1cccc(C(F)(F)F)c1)C(=O)O. The van der Waals surface area contributed by atoms with Gasteiger partial charge in [-0.25, -0.2) is 4.79 Å². The normalized spacial score (nSPS) is 12.6. The molecule has 0 heterocycles. The van der Waals surface area contributed by atoms with Crippen molar-refractivity contribution in [2.24, 2.45) is 0 Å². The van der Waals surface area contributed by atoms with Gasteiger partial charge in [-0.1, -0.05) is 24.3 Å². The lowest BCUT2D eigenvalue weighted by atomic mass is 10.2. The van der Waals surface area contributed by atoms with Gasteiger partial charge in [-0.05, 0) is 36.8 Å². The molecule has 0 saturated carbocycles. The molecule has 0 aromatic heterocycles. The Labute approximate surface area is 147 Å². The molecule has 0 amide bonds. The third kappa shape index (κ3) is 5.70. The fourth-order valence-corrected chi connectivity index (χ4v) is 3.16. The van der Waals surface area contributed by atoms with Crippen LogP contribution in [0.15, 0.2) is 53.4 Å². The minimum atomic E-state index is -4.50. The smallest absolute Gasteiger partial charge is 0.416 e. The van der Waals surface area contributed by atoms with Crippen LogP contribution in [0.5, 0.6) is 5.75 Å². The number of rotatable bonds is 7. The first-order valence-corrected chi connectivity index (χ1v) is 8.51. The number of carboxylic acids is 1. The Morgan fingerprint density at radius 1 is 1.20 bits per heavy atom. The average Bonchev–Trinajstić information content (AvgIpc) is 2.55. The Hall–Kier alpha value is -2.15. The summed E-state index contributed by atoms with van der Waals surface area (Å²) in [5.41, 5.74) is 0.210. The number of alkyl halides is 3. The Balaban J connectivity index is 1.99. The topological polar surface area (TPSA) is 46.5 Å². The van der Waals surface area contributed by atoms with Gasteiger partial charge < -0.3 is 9.84 Å². The van der Waals surface area contributed by atoms with E-state index in [0.717, 1.165) is 22.6 Å². The molecule has 7 heteroatoms. The second-order valence-corrected chi connectivity index (χ2v) is 6.51. The van der Waals surface area contributed by atoms with Crippen LogP contribution in [0.3, 0.4) is 0 Å². The molecule has 0 saturated heterocycles. The highest BCUT2D eigenvalue weighted by Gasteiger charge is 2.31. The van der Waals surface area contributed by atoms with Crippen molar-refractivity contribution >= 4 is 17.7 Å². The van der Waals surface area contributed by atoms with Crippen LogP contribution in [0.2, 0.25) is 0 Å². The van der Waals surface area contributed by atoms with E-state index in [4.69, 9.17) is 4.74 Å². The molecule has 2 aromatic carbocycles. The summed E-state index contributed by atoms with van der Waals surface area (Å²) in [4.78, 5) is 12.4. The second-order valence-electron chi connectivity index (χ2n) is 5.37. The van der Waals surface area contributed by atoms with Gasteiger partial charge in [-0.15, -0.1) is 11.8 Å². The highest BCUT2D eigenvalue weighted by Crippen LogP contribution is 2.32. The van der Waals surface area contributed by atoms with E-state index in [1.807, 2.05) is 31.2 Å². The summed E-state index contributed by atoms with van der Waals surface area (Å²) < 4.78 is 43.4. The van der Waals surface area contributed by atoms with E-state index in [1.54, 1.807) is 0 Å². The Bertz CT molecular complexity index is 732. The second kappa shape index (κ2) is 8.29. The van der Waals surface area contributed by atoms with Crippen molar-refractivity contribution in [3.05, 3.63) is 59.7 Å². The zero-order valence-electron chi connectivity index (χ0n) is 13.4. The largest absolute Gasteiger partial charge is 0.479 e. The van der Waals surface area contributed by atoms with Crippen molar-refractivity contribution in [2.45, 2.75) is 30.5 Å².